The average Bonchev–Trinajstić information content (AvgIpc) is 2.68. The predicted molar refractivity (Wildman–Crippen MR) is 104 cm³/mol. The topological polar surface area (TPSA) is 85.6 Å². The highest BCUT2D eigenvalue weighted by atomic mass is 35.5. The molecule has 0 aliphatic heterocycles. The summed E-state index contributed by atoms with van der Waals surface area (Å²) in [6, 6.07) is 12.8. The Morgan fingerprint density at radius 3 is 2.39 bits per heavy atom. The molecule has 6 nitrogen and oxygen atoms in total. The summed E-state index contributed by atoms with van der Waals surface area (Å²) in [5.41, 5.74) is 0.722. The first-order valence-corrected chi connectivity index (χ1v) is 8.89. The summed E-state index contributed by atoms with van der Waals surface area (Å²) in [7, 11) is 0. The fraction of sp³-hybridized carbons (Fsp3) is 0.190. The summed E-state index contributed by atoms with van der Waals surface area (Å²) in [4.78, 5) is 24.1. The largest absolute Gasteiger partial charge is 0.490 e. The molecule has 0 aromatic heterocycles. The monoisotopic (exact) mass is 399 g/mol. The van der Waals surface area contributed by atoms with Crippen molar-refractivity contribution in [2.24, 2.45) is 0 Å². The third-order valence-electron chi connectivity index (χ3n) is 3.48. The van der Waals surface area contributed by atoms with Gasteiger partial charge < -0.3 is 14.2 Å². The van der Waals surface area contributed by atoms with E-state index in [1.54, 1.807) is 50.2 Å². The maximum Gasteiger partial charge on any atom is 0.348 e. The highest BCUT2D eigenvalue weighted by Crippen LogP contribution is 2.30. The zero-order valence-corrected chi connectivity index (χ0v) is 16.2. The molecule has 0 unspecified atom stereocenters. The molecule has 0 fully saturated rings. The van der Waals surface area contributed by atoms with Gasteiger partial charge in [-0.25, -0.2) is 9.59 Å². The number of nitriles is 1. The van der Waals surface area contributed by atoms with E-state index >= 15 is 0 Å². The quantitative estimate of drug-likeness (QED) is 0.296. The highest BCUT2D eigenvalue weighted by Gasteiger charge is 2.15. The molecule has 0 bridgehead atoms. The van der Waals surface area contributed by atoms with Crippen molar-refractivity contribution in [1.82, 2.24) is 0 Å². The van der Waals surface area contributed by atoms with Gasteiger partial charge in [0, 0.05) is 5.02 Å². The molecule has 0 aliphatic carbocycles. The minimum atomic E-state index is -0.707. The minimum Gasteiger partial charge on any atom is -0.490 e. The van der Waals surface area contributed by atoms with Crippen molar-refractivity contribution < 1.29 is 23.8 Å². The molecule has 7 heteroatoms. The summed E-state index contributed by atoms with van der Waals surface area (Å²) < 4.78 is 15.8. The number of nitrogens with zero attached hydrogens (tertiary/aromatic N) is 1. The molecular weight excluding hydrogens is 382 g/mol. The van der Waals surface area contributed by atoms with Crippen molar-refractivity contribution in [2.45, 2.75) is 13.8 Å². The first-order chi connectivity index (χ1) is 13.5. The van der Waals surface area contributed by atoms with Gasteiger partial charge in [0.05, 0.1) is 18.8 Å². The number of esters is 2. The molecule has 0 atom stereocenters. The molecule has 0 spiro atoms. The normalized spacial score (nSPS) is 10.7. The van der Waals surface area contributed by atoms with E-state index in [9.17, 15) is 9.59 Å². The predicted octanol–water partition coefficient (Wildman–Crippen LogP) is 4.43. The van der Waals surface area contributed by atoms with E-state index in [2.05, 4.69) is 0 Å². The van der Waals surface area contributed by atoms with Gasteiger partial charge in [-0.05, 0) is 61.9 Å². The van der Waals surface area contributed by atoms with Crippen LogP contribution >= 0.6 is 11.6 Å². The van der Waals surface area contributed by atoms with E-state index in [1.807, 2.05) is 6.07 Å². The van der Waals surface area contributed by atoms with E-state index in [1.165, 1.54) is 12.1 Å². The van der Waals surface area contributed by atoms with Crippen molar-refractivity contribution >= 4 is 29.6 Å². The molecule has 0 aliphatic rings. The lowest BCUT2D eigenvalue weighted by Gasteiger charge is -2.11. The van der Waals surface area contributed by atoms with Crippen LogP contribution in [-0.4, -0.2) is 25.2 Å². The van der Waals surface area contributed by atoms with E-state index in [0.717, 1.165) is 0 Å². The first kappa shape index (κ1) is 21.0. The first-order valence-electron chi connectivity index (χ1n) is 8.52. The van der Waals surface area contributed by atoms with Gasteiger partial charge >= 0.3 is 11.9 Å². The summed E-state index contributed by atoms with van der Waals surface area (Å²) >= 11 is 5.82. The number of carbonyl (C=O) groups is 2. The molecule has 2 rings (SSSR count). The van der Waals surface area contributed by atoms with Crippen LogP contribution in [-0.2, 0) is 9.53 Å². The highest BCUT2D eigenvalue weighted by molar-refractivity contribution is 6.30. The van der Waals surface area contributed by atoms with E-state index < -0.39 is 11.9 Å². The molecule has 28 heavy (non-hydrogen) atoms. The van der Waals surface area contributed by atoms with Crippen molar-refractivity contribution in [1.29, 1.82) is 5.26 Å². The number of rotatable bonds is 7. The van der Waals surface area contributed by atoms with Gasteiger partial charge in [-0.15, -0.1) is 0 Å². The van der Waals surface area contributed by atoms with Crippen molar-refractivity contribution in [3.8, 4) is 17.6 Å². The molecular formula is C21H18ClNO5. The van der Waals surface area contributed by atoms with Gasteiger partial charge in [0.2, 0.25) is 0 Å². The van der Waals surface area contributed by atoms with Gasteiger partial charge in [-0.3, -0.25) is 0 Å². The number of hydrogen-bond acceptors (Lipinski definition) is 6. The van der Waals surface area contributed by atoms with Crippen molar-refractivity contribution in [3.05, 3.63) is 64.2 Å². The Kier molecular flexibility index (Phi) is 7.61. The summed E-state index contributed by atoms with van der Waals surface area (Å²) in [5, 5.41) is 9.66. The van der Waals surface area contributed by atoms with Crippen molar-refractivity contribution in [2.75, 3.05) is 13.2 Å². The molecule has 2 aromatic rings. The fourth-order valence-corrected chi connectivity index (χ4v) is 2.35. The number of hydrogen-bond donors (Lipinski definition) is 0. The SMILES string of the molecule is CCOC(=O)/C(C#N)=C/c1ccc(OC(=O)c2ccc(Cl)cc2)c(OCC)c1. The lowest BCUT2D eigenvalue weighted by atomic mass is 10.1. The maximum absolute atomic E-state index is 12.3. The van der Waals surface area contributed by atoms with Crippen LogP contribution in [0.4, 0.5) is 0 Å². The Balaban J connectivity index is 2.29. The minimum absolute atomic E-state index is 0.143. The number of halogens is 1. The molecule has 2 aromatic carbocycles. The standard InChI is InChI=1S/C21H18ClNO5/c1-3-26-19-12-14(11-16(13-23)20(24)27-4-2)5-10-18(19)28-21(25)15-6-8-17(22)9-7-15/h5-12H,3-4H2,1-2H3/b16-11+. The average molecular weight is 400 g/mol. The summed E-state index contributed by atoms with van der Waals surface area (Å²) in [6.07, 6.45) is 1.38. The summed E-state index contributed by atoms with van der Waals surface area (Å²) in [6.45, 7) is 3.94. The molecule has 0 amide bonds. The lowest BCUT2D eigenvalue weighted by Crippen LogP contribution is -2.09. The molecule has 0 saturated carbocycles. The van der Waals surface area contributed by atoms with E-state index in [-0.39, 0.29) is 17.9 Å². The number of benzene rings is 2. The van der Waals surface area contributed by atoms with Crippen molar-refractivity contribution in [3.63, 3.8) is 0 Å². The van der Waals surface area contributed by atoms with Crippen LogP contribution in [0, 0.1) is 11.3 Å². The zero-order chi connectivity index (χ0) is 20.5. The Labute approximate surface area is 167 Å². The van der Waals surface area contributed by atoms with Crippen LogP contribution in [0.3, 0.4) is 0 Å². The van der Waals surface area contributed by atoms with Gasteiger partial charge in [0.1, 0.15) is 11.6 Å². The van der Waals surface area contributed by atoms with Crippen LogP contribution in [0.2, 0.25) is 5.02 Å². The van der Waals surface area contributed by atoms with Gasteiger partial charge in [0.25, 0.3) is 0 Å². The third-order valence-corrected chi connectivity index (χ3v) is 3.73. The fourth-order valence-electron chi connectivity index (χ4n) is 2.22. The van der Waals surface area contributed by atoms with Gasteiger partial charge in [-0.1, -0.05) is 17.7 Å². The smallest absolute Gasteiger partial charge is 0.348 e. The Morgan fingerprint density at radius 1 is 1.07 bits per heavy atom. The van der Waals surface area contributed by atoms with Crippen LogP contribution in [0.5, 0.6) is 11.5 Å². The van der Waals surface area contributed by atoms with E-state index in [0.29, 0.717) is 28.5 Å². The van der Waals surface area contributed by atoms with Gasteiger partial charge in [-0.2, -0.15) is 5.26 Å². The second-order valence-electron chi connectivity index (χ2n) is 5.43. The number of ether oxygens (including phenoxy) is 3. The Hall–Kier alpha value is -3.30. The zero-order valence-electron chi connectivity index (χ0n) is 15.4. The van der Waals surface area contributed by atoms with Crippen LogP contribution in [0.15, 0.2) is 48.0 Å². The molecule has 0 N–H and O–H groups in total. The molecule has 0 saturated heterocycles. The summed E-state index contributed by atoms with van der Waals surface area (Å²) in [5.74, 6) is -0.750. The van der Waals surface area contributed by atoms with Crippen LogP contribution in [0.1, 0.15) is 29.8 Å². The Morgan fingerprint density at radius 2 is 1.79 bits per heavy atom. The molecule has 0 radical (unpaired) electrons. The number of carbonyl (C=O) groups excluding carboxylic acids is 2. The van der Waals surface area contributed by atoms with Crippen LogP contribution < -0.4 is 9.47 Å². The third kappa shape index (κ3) is 5.60. The second-order valence-corrected chi connectivity index (χ2v) is 5.86. The second kappa shape index (κ2) is 10.1. The van der Waals surface area contributed by atoms with Gasteiger partial charge in [0.15, 0.2) is 11.5 Å². The van der Waals surface area contributed by atoms with Crippen LogP contribution in [0.25, 0.3) is 6.08 Å². The molecule has 0 heterocycles. The maximum atomic E-state index is 12.3. The van der Waals surface area contributed by atoms with E-state index in [4.69, 9.17) is 31.1 Å². The molecule has 144 valence electrons. The Bertz CT molecular complexity index is 929. The lowest BCUT2D eigenvalue weighted by molar-refractivity contribution is -0.137.